The average Bonchev–Trinajstić information content (AvgIpc) is 2.82. The summed E-state index contributed by atoms with van der Waals surface area (Å²) in [7, 11) is 0. The summed E-state index contributed by atoms with van der Waals surface area (Å²) in [5.74, 6) is 1.78. The van der Waals surface area contributed by atoms with Crippen molar-refractivity contribution in [2.45, 2.75) is 12.8 Å². The molecule has 0 saturated carbocycles. The Morgan fingerprint density at radius 3 is 2.48 bits per heavy atom. The topological polar surface area (TPSA) is 51.2 Å². The molecule has 31 heavy (non-hydrogen) atoms. The highest BCUT2D eigenvalue weighted by Gasteiger charge is 2.11. The van der Waals surface area contributed by atoms with Gasteiger partial charge in [-0.1, -0.05) is 42.5 Å². The number of aliphatic hydroxyl groups is 1. The third-order valence-electron chi connectivity index (χ3n) is 5.64. The molecule has 3 aromatic rings. The second-order valence-corrected chi connectivity index (χ2v) is 7.81. The summed E-state index contributed by atoms with van der Waals surface area (Å²) in [5, 5.41) is 11.5. The number of fused-ring (bicyclic) bond motifs is 1. The second-order valence-electron chi connectivity index (χ2n) is 7.81. The van der Waals surface area contributed by atoms with Gasteiger partial charge in [-0.15, -0.1) is 0 Å². The SMILES string of the molecule is OCCCOc1ccc2ccccc2c1Cc1ccc(OCCN2CCOCC2)cc1. The molecule has 0 atom stereocenters. The molecule has 1 fully saturated rings. The quantitative estimate of drug-likeness (QED) is 0.503. The van der Waals surface area contributed by atoms with Crippen molar-refractivity contribution in [1.82, 2.24) is 4.90 Å². The Labute approximate surface area is 184 Å². The maximum absolute atomic E-state index is 9.08. The molecule has 5 nitrogen and oxygen atoms in total. The summed E-state index contributed by atoms with van der Waals surface area (Å²) in [6.45, 7) is 5.85. The van der Waals surface area contributed by atoms with Gasteiger partial charge < -0.3 is 19.3 Å². The van der Waals surface area contributed by atoms with Gasteiger partial charge in [0.25, 0.3) is 0 Å². The standard InChI is InChI=1S/C26H31NO4/c28-15-3-16-31-26-11-8-22-4-1-2-5-24(22)25(26)20-21-6-9-23(10-7-21)30-19-14-27-12-17-29-18-13-27/h1-2,4-11,28H,3,12-20H2. The Balaban J connectivity index is 1.42. The van der Waals surface area contributed by atoms with Crippen LogP contribution in [0.2, 0.25) is 0 Å². The average molecular weight is 422 g/mol. The first-order valence-corrected chi connectivity index (χ1v) is 11.1. The van der Waals surface area contributed by atoms with E-state index in [0.29, 0.717) is 19.6 Å². The van der Waals surface area contributed by atoms with Crippen molar-refractivity contribution < 1.29 is 19.3 Å². The first-order chi connectivity index (χ1) is 15.3. The largest absolute Gasteiger partial charge is 0.493 e. The van der Waals surface area contributed by atoms with Gasteiger partial charge in [-0.05, 0) is 34.5 Å². The lowest BCUT2D eigenvalue weighted by Gasteiger charge is -2.26. The molecular weight excluding hydrogens is 390 g/mol. The number of hydrogen-bond acceptors (Lipinski definition) is 5. The highest BCUT2D eigenvalue weighted by Crippen LogP contribution is 2.31. The zero-order valence-corrected chi connectivity index (χ0v) is 18.0. The summed E-state index contributed by atoms with van der Waals surface area (Å²) >= 11 is 0. The molecule has 0 aliphatic carbocycles. The molecule has 0 aromatic heterocycles. The molecule has 0 amide bonds. The highest BCUT2D eigenvalue weighted by atomic mass is 16.5. The summed E-state index contributed by atoms with van der Waals surface area (Å²) in [5.41, 5.74) is 2.39. The number of ether oxygens (including phenoxy) is 3. The van der Waals surface area contributed by atoms with Gasteiger partial charge in [-0.2, -0.15) is 0 Å². The Hall–Kier alpha value is -2.60. The van der Waals surface area contributed by atoms with E-state index in [-0.39, 0.29) is 6.61 Å². The van der Waals surface area contributed by atoms with Gasteiger partial charge in [-0.3, -0.25) is 4.90 Å². The van der Waals surface area contributed by atoms with E-state index in [2.05, 4.69) is 47.4 Å². The Morgan fingerprint density at radius 1 is 0.871 bits per heavy atom. The molecule has 1 heterocycles. The van der Waals surface area contributed by atoms with Gasteiger partial charge in [0.2, 0.25) is 0 Å². The van der Waals surface area contributed by atoms with Crippen molar-refractivity contribution in [3.8, 4) is 11.5 Å². The Bertz CT molecular complexity index is 951. The van der Waals surface area contributed by atoms with Crippen molar-refractivity contribution in [3.63, 3.8) is 0 Å². The molecule has 0 radical (unpaired) electrons. The molecule has 0 unspecified atom stereocenters. The summed E-state index contributed by atoms with van der Waals surface area (Å²) in [6, 6.07) is 20.9. The second kappa shape index (κ2) is 11.1. The van der Waals surface area contributed by atoms with E-state index in [1.165, 1.54) is 21.9 Å². The maximum Gasteiger partial charge on any atom is 0.123 e. The third-order valence-corrected chi connectivity index (χ3v) is 5.64. The van der Waals surface area contributed by atoms with Gasteiger partial charge in [0.15, 0.2) is 0 Å². The van der Waals surface area contributed by atoms with Crippen LogP contribution >= 0.6 is 0 Å². The van der Waals surface area contributed by atoms with Crippen molar-refractivity contribution in [2.75, 3.05) is 52.7 Å². The Kier molecular flexibility index (Phi) is 7.77. The first kappa shape index (κ1) is 21.6. The lowest BCUT2D eigenvalue weighted by atomic mass is 9.97. The van der Waals surface area contributed by atoms with E-state index in [9.17, 15) is 0 Å². The van der Waals surface area contributed by atoms with Crippen LogP contribution in [0.1, 0.15) is 17.5 Å². The molecule has 3 aromatic carbocycles. The van der Waals surface area contributed by atoms with Crippen LogP contribution in [-0.2, 0) is 11.2 Å². The van der Waals surface area contributed by atoms with Crippen LogP contribution in [0.15, 0.2) is 60.7 Å². The van der Waals surface area contributed by atoms with E-state index < -0.39 is 0 Å². The summed E-state index contributed by atoms with van der Waals surface area (Å²) < 4.78 is 17.3. The van der Waals surface area contributed by atoms with Crippen LogP contribution in [-0.4, -0.2) is 62.7 Å². The van der Waals surface area contributed by atoms with Crippen molar-refractivity contribution >= 4 is 10.8 Å². The summed E-state index contributed by atoms with van der Waals surface area (Å²) in [6.07, 6.45) is 1.41. The fraction of sp³-hybridized carbons (Fsp3) is 0.385. The molecule has 0 spiro atoms. The minimum atomic E-state index is 0.135. The zero-order chi connectivity index (χ0) is 21.3. The first-order valence-electron chi connectivity index (χ1n) is 11.1. The Morgan fingerprint density at radius 2 is 1.68 bits per heavy atom. The molecule has 4 rings (SSSR count). The molecule has 5 heteroatoms. The lowest BCUT2D eigenvalue weighted by Crippen LogP contribution is -2.38. The minimum Gasteiger partial charge on any atom is -0.493 e. The molecular formula is C26H31NO4. The highest BCUT2D eigenvalue weighted by molar-refractivity contribution is 5.88. The molecule has 1 aliphatic rings. The molecule has 0 bridgehead atoms. The van der Waals surface area contributed by atoms with Gasteiger partial charge in [0.05, 0.1) is 19.8 Å². The number of nitrogens with zero attached hydrogens (tertiary/aromatic N) is 1. The number of rotatable bonds is 10. The normalized spacial score (nSPS) is 14.6. The predicted molar refractivity (Wildman–Crippen MR) is 123 cm³/mol. The molecule has 1 saturated heterocycles. The van der Waals surface area contributed by atoms with E-state index >= 15 is 0 Å². The van der Waals surface area contributed by atoms with Gasteiger partial charge in [0, 0.05) is 44.6 Å². The maximum atomic E-state index is 9.08. The molecule has 164 valence electrons. The number of aliphatic hydroxyl groups excluding tert-OH is 1. The van der Waals surface area contributed by atoms with E-state index in [4.69, 9.17) is 19.3 Å². The van der Waals surface area contributed by atoms with Crippen LogP contribution < -0.4 is 9.47 Å². The van der Waals surface area contributed by atoms with Crippen LogP contribution in [0, 0.1) is 0 Å². The monoisotopic (exact) mass is 421 g/mol. The summed E-state index contributed by atoms with van der Waals surface area (Å²) in [4.78, 5) is 2.37. The van der Waals surface area contributed by atoms with Crippen molar-refractivity contribution in [1.29, 1.82) is 0 Å². The third kappa shape index (κ3) is 5.97. The van der Waals surface area contributed by atoms with Crippen LogP contribution in [0.4, 0.5) is 0 Å². The van der Waals surface area contributed by atoms with E-state index in [1.807, 2.05) is 18.2 Å². The van der Waals surface area contributed by atoms with Gasteiger partial charge in [-0.25, -0.2) is 0 Å². The molecule has 1 aliphatic heterocycles. The lowest BCUT2D eigenvalue weighted by molar-refractivity contribution is 0.0322. The van der Waals surface area contributed by atoms with Gasteiger partial charge >= 0.3 is 0 Å². The molecule has 1 N–H and O–H groups in total. The van der Waals surface area contributed by atoms with Crippen molar-refractivity contribution in [3.05, 3.63) is 71.8 Å². The number of hydrogen-bond donors (Lipinski definition) is 1. The predicted octanol–water partition coefficient (Wildman–Crippen LogP) is 3.90. The fourth-order valence-corrected chi connectivity index (χ4v) is 3.91. The fourth-order valence-electron chi connectivity index (χ4n) is 3.91. The van der Waals surface area contributed by atoms with Crippen molar-refractivity contribution in [2.24, 2.45) is 0 Å². The van der Waals surface area contributed by atoms with Crippen LogP contribution in [0.25, 0.3) is 10.8 Å². The number of benzene rings is 3. The zero-order valence-electron chi connectivity index (χ0n) is 18.0. The van der Waals surface area contributed by atoms with Gasteiger partial charge in [0.1, 0.15) is 18.1 Å². The smallest absolute Gasteiger partial charge is 0.123 e. The van der Waals surface area contributed by atoms with Crippen LogP contribution in [0.5, 0.6) is 11.5 Å². The minimum absolute atomic E-state index is 0.135. The van der Waals surface area contributed by atoms with Crippen LogP contribution in [0.3, 0.4) is 0 Å². The van der Waals surface area contributed by atoms with E-state index in [1.54, 1.807) is 0 Å². The number of morpholine rings is 1. The van der Waals surface area contributed by atoms with E-state index in [0.717, 1.165) is 50.8 Å².